The average molecular weight is 421 g/mol. The van der Waals surface area contributed by atoms with Gasteiger partial charge in [-0.15, -0.1) is 0 Å². The highest BCUT2D eigenvalue weighted by Crippen LogP contribution is 2.25. The molecule has 31 heavy (non-hydrogen) atoms. The zero-order valence-electron chi connectivity index (χ0n) is 17.7. The van der Waals surface area contributed by atoms with Gasteiger partial charge in [-0.2, -0.15) is 5.26 Å². The standard InChI is InChI=1S/C23H28N6O2/c24-17-20-21(26-10-9-25-20)28-15-13-27(14-16-28)18-23(31)8-4-11-29(22(23)30)12-7-19-5-2-1-3-6-19/h1-3,5-6,9-10,31H,4,7-8,11-16,18H2/t23-/m0/s1. The third kappa shape index (κ3) is 4.84. The zero-order valence-corrected chi connectivity index (χ0v) is 17.7. The predicted octanol–water partition coefficient (Wildman–Crippen LogP) is 1.07. The maximum Gasteiger partial charge on any atom is 0.255 e. The van der Waals surface area contributed by atoms with Gasteiger partial charge in [-0.1, -0.05) is 30.3 Å². The van der Waals surface area contributed by atoms with Gasteiger partial charge in [0, 0.05) is 58.2 Å². The van der Waals surface area contributed by atoms with Crippen LogP contribution < -0.4 is 4.90 Å². The molecule has 1 atom stereocenters. The topological polar surface area (TPSA) is 96.6 Å². The summed E-state index contributed by atoms with van der Waals surface area (Å²) < 4.78 is 0. The Morgan fingerprint density at radius 3 is 2.55 bits per heavy atom. The number of hydrogen-bond donors (Lipinski definition) is 1. The largest absolute Gasteiger partial charge is 0.379 e. The molecule has 1 aromatic heterocycles. The first-order chi connectivity index (χ1) is 15.1. The average Bonchev–Trinajstić information content (AvgIpc) is 2.81. The van der Waals surface area contributed by atoms with Crippen molar-refractivity contribution in [2.24, 2.45) is 0 Å². The van der Waals surface area contributed by atoms with Gasteiger partial charge in [-0.05, 0) is 24.8 Å². The van der Waals surface area contributed by atoms with Crippen molar-refractivity contribution < 1.29 is 9.90 Å². The van der Waals surface area contributed by atoms with Gasteiger partial charge in [-0.3, -0.25) is 9.69 Å². The summed E-state index contributed by atoms with van der Waals surface area (Å²) in [5.41, 5.74) is 0.189. The highest BCUT2D eigenvalue weighted by Gasteiger charge is 2.43. The number of anilines is 1. The number of piperazine rings is 1. The number of amides is 1. The van der Waals surface area contributed by atoms with E-state index >= 15 is 0 Å². The molecule has 0 spiro atoms. The summed E-state index contributed by atoms with van der Waals surface area (Å²) in [5, 5.41) is 20.5. The van der Waals surface area contributed by atoms with E-state index in [9.17, 15) is 15.2 Å². The van der Waals surface area contributed by atoms with Crippen molar-refractivity contribution in [2.75, 3.05) is 50.7 Å². The molecule has 0 radical (unpaired) electrons. The molecule has 2 aliphatic heterocycles. The highest BCUT2D eigenvalue weighted by atomic mass is 16.3. The lowest BCUT2D eigenvalue weighted by molar-refractivity contribution is -0.159. The lowest BCUT2D eigenvalue weighted by atomic mass is 9.90. The number of likely N-dealkylation sites (tertiary alicyclic amines) is 1. The number of nitrogens with zero attached hydrogens (tertiary/aromatic N) is 6. The van der Waals surface area contributed by atoms with Crippen LogP contribution in [0.2, 0.25) is 0 Å². The Labute approximate surface area is 182 Å². The van der Waals surface area contributed by atoms with Crippen LogP contribution in [0.4, 0.5) is 5.82 Å². The molecule has 2 aliphatic rings. The molecule has 8 nitrogen and oxygen atoms in total. The number of nitriles is 1. The lowest BCUT2D eigenvalue weighted by Crippen LogP contribution is -2.61. The zero-order chi connectivity index (χ0) is 21.7. The minimum Gasteiger partial charge on any atom is -0.379 e. The molecule has 4 rings (SSSR count). The number of carbonyl (C=O) groups is 1. The maximum absolute atomic E-state index is 13.1. The van der Waals surface area contributed by atoms with Crippen LogP contribution in [0.15, 0.2) is 42.7 Å². The van der Waals surface area contributed by atoms with Gasteiger partial charge < -0.3 is 14.9 Å². The predicted molar refractivity (Wildman–Crippen MR) is 116 cm³/mol. The first-order valence-electron chi connectivity index (χ1n) is 10.8. The van der Waals surface area contributed by atoms with Crippen LogP contribution in [-0.2, 0) is 11.2 Å². The SMILES string of the molecule is N#Cc1nccnc1N1CCN(C[C@@]2(O)CCCN(CCc3ccccc3)C2=O)CC1. The Morgan fingerprint density at radius 2 is 1.81 bits per heavy atom. The Balaban J connectivity index is 1.33. The Bertz CT molecular complexity index is 939. The summed E-state index contributed by atoms with van der Waals surface area (Å²) in [6, 6.07) is 12.2. The molecule has 1 amide bonds. The minimum atomic E-state index is -1.33. The number of hydrogen-bond acceptors (Lipinski definition) is 7. The number of aromatic nitrogens is 2. The van der Waals surface area contributed by atoms with E-state index in [0.717, 1.165) is 12.8 Å². The van der Waals surface area contributed by atoms with Crippen molar-refractivity contribution in [1.29, 1.82) is 5.26 Å². The van der Waals surface area contributed by atoms with Crippen LogP contribution in [-0.4, -0.2) is 82.2 Å². The number of benzene rings is 1. The Hall–Kier alpha value is -3.02. The number of carbonyl (C=O) groups excluding carboxylic acids is 1. The van der Waals surface area contributed by atoms with Gasteiger partial charge >= 0.3 is 0 Å². The van der Waals surface area contributed by atoms with Gasteiger partial charge in [-0.25, -0.2) is 9.97 Å². The summed E-state index contributed by atoms with van der Waals surface area (Å²) in [4.78, 5) is 27.5. The minimum absolute atomic E-state index is 0.155. The third-order valence-corrected chi connectivity index (χ3v) is 6.16. The van der Waals surface area contributed by atoms with E-state index in [2.05, 4.69) is 33.1 Å². The number of piperidine rings is 1. The van der Waals surface area contributed by atoms with Crippen molar-refractivity contribution in [3.8, 4) is 6.07 Å². The van der Waals surface area contributed by atoms with E-state index in [0.29, 0.717) is 63.7 Å². The van der Waals surface area contributed by atoms with Gasteiger partial charge in [0.15, 0.2) is 17.1 Å². The van der Waals surface area contributed by atoms with Crippen LogP contribution in [0.3, 0.4) is 0 Å². The van der Waals surface area contributed by atoms with Crippen LogP contribution in [0.25, 0.3) is 0 Å². The molecule has 2 saturated heterocycles. The fourth-order valence-corrected chi connectivity index (χ4v) is 4.46. The van der Waals surface area contributed by atoms with Crippen molar-refractivity contribution in [1.82, 2.24) is 19.8 Å². The summed E-state index contributed by atoms with van der Waals surface area (Å²) in [5.74, 6) is 0.446. The maximum atomic E-state index is 13.1. The lowest BCUT2D eigenvalue weighted by Gasteiger charge is -2.43. The van der Waals surface area contributed by atoms with Crippen LogP contribution >= 0.6 is 0 Å². The summed E-state index contributed by atoms with van der Waals surface area (Å²) >= 11 is 0. The monoisotopic (exact) mass is 420 g/mol. The van der Waals surface area contributed by atoms with Crippen LogP contribution in [0, 0.1) is 11.3 Å². The third-order valence-electron chi connectivity index (χ3n) is 6.16. The first kappa shape index (κ1) is 21.2. The number of β-amino-alcohol motifs (C(OH)–C–C–N with tert-alkyl or cyclic N) is 1. The second-order valence-electron chi connectivity index (χ2n) is 8.27. The normalized spacial score (nSPS) is 22.4. The van der Waals surface area contributed by atoms with Gasteiger partial charge in [0.2, 0.25) is 0 Å². The highest BCUT2D eigenvalue weighted by molar-refractivity contribution is 5.86. The van der Waals surface area contributed by atoms with Gasteiger partial charge in [0.1, 0.15) is 6.07 Å². The molecule has 2 fully saturated rings. The molecule has 0 bridgehead atoms. The van der Waals surface area contributed by atoms with Gasteiger partial charge in [0.05, 0.1) is 0 Å². The van der Waals surface area contributed by atoms with Gasteiger partial charge in [0.25, 0.3) is 5.91 Å². The van der Waals surface area contributed by atoms with Crippen molar-refractivity contribution in [2.45, 2.75) is 24.9 Å². The van der Waals surface area contributed by atoms with E-state index in [1.807, 2.05) is 28.0 Å². The van der Waals surface area contributed by atoms with E-state index in [-0.39, 0.29) is 5.91 Å². The van der Waals surface area contributed by atoms with Crippen molar-refractivity contribution in [3.05, 3.63) is 54.0 Å². The van der Waals surface area contributed by atoms with Crippen molar-refractivity contribution >= 4 is 11.7 Å². The second kappa shape index (κ2) is 9.41. The quantitative estimate of drug-likeness (QED) is 0.747. The van der Waals surface area contributed by atoms with Crippen LogP contribution in [0.5, 0.6) is 0 Å². The molecule has 1 aromatic carbocycles. The molecule has 2 aromatic rings. The van der Waals surface area contributed by atoms with Crippen molar-refractivity contribution in [3.63, 3.8) is 0 Å². The second-order valence-corrected chi connectivity index (χ2v) is 8.27. The Morgan fingerprint density at radius 1 is 1.06 bits per heavy atom. The number of rotatable bonds is 6. The molecular weight excluding hydrogens is 392 g/mol. The molecule has 162 valence electrons. The molecule has 3 heterocycles. The summed E-state index contributed by atoms with van der Waals surface area (Å²) in [6.07, 6.45) is 5.21. The first-order valence-corrected chi connectivity index (χ1v) is 10.8. The molecule has 1 N–H and O–H groups in total. The van der Waals surface area contributed by atoms with E-state index in [1.165, 1.54) is 11.8 Å². The number of aliphatic hydroxyl groups is 1. The molecule has 8 heteroatoms. The Kier molecular flexibility index (Phi) is 6.44. The van der Waals surface area contributed by atoms with E-state index in [1.54, 1.807) is 6.20 Å². The molecule has 0 unspecified atom stereocenters. The van der Waals surface area contributed by atoms with E-state index in [4.69, 9.17) is 0 Å². The smallest absolute Gasteiger partial charge is 0.255 e. The fourth-order valence-electron chi connectivity index (χ4n) is 4.46. The van der Waals surface area contributed by atoms with Crippen LogP contribution in [0.1, 0.15) is 24.1 Å². The summed E-state index contributed by atoms with van der Waals surface area (Å²) in [7, 11) is 0. The molecule has 0 saturated carbocycles. The fraction of sp³-hybridized carbons (Fsp3) is 0.478. The summed E-state index contributed by atoms with van der Waals surface area (Å²) in [6.45, 7) is 4.41. The van der Waals surface area contributed by atoms with E-state index < -0.39 is 5.60 Å². The molecular formula is C23H28N6O2. The molecule has 0 aliphatic carbocycles.